The zero-order chi connectivity index (χ0) is 23.3. The summed E-state index contributed by atoms with van der Waals surface area (Å²) in [5.74, 6) is -0.516. The van der Waals surface area contributed by atoms with E-state index in [4.69, 9.17) is 14.6 Å². The summed E-state index contributed by atoms with van der Waals surface area (Å²) in [5.41, 5.74) is 3.74. The number of ether oxygens (including phenoxy) is 2. The maximum absolute atomic E-state index is 12.1. The van der Waals surface area contributed by atoms with Gasteiger partial charge in [0.05, 0.1) is 0 Å². The van der Waals surface area contributed by atoms with E-state index < -0.39 is 18.0 Å². The van der Waals surface area contributed by atoms with Gasteiger partial charge in [0.25, 0.3) is 0 Å². The van der Waals surface area contributed by atoms with Crippen molar-refractivity contribution in [3.8, 4) is 5.75 Å². The van der Waals surface area contributed by atoms with Crippen LogP contribution in [0.1, 0.15) is 42.9 Å². The molecule has 0 fully saturated rings. The van der Waals surface area contributed by atoms with Crippen molar-refractivity contribution in [2.75, 3.05) is 27.2 Å². The van der Waals surface area contributed by atoms with E-state index in [1.807, 2.05) is 37.2 Å². The molecule has 0 amide bonds. The van der Waals surface area contributed by atoms with Gasteiger partial charge >= 0.3 is 11.9 Å². The summed E-state index contributed by atoms with van der Waals surface area (Å²) in [4.78, 5) is 24.7. The second kappa shape index (κ2) is 13.5. The zero-order valence-corrected chi connectivity index (χ0v) is 19.4. The molecule has 0 radical (unpaired) electrons. The molecule has 1 N–H and O–H groups in total. The fraction of sp³-hybridized carbons (Fsp3) is 0.462. The third-order valence-corrected chi connectivity index (χ3v) is 5.15. The second-order valence-electron chi connectivity index (χ2n) is 8.21. The van der Waals surface area contributed by atoms with Crippen molar-refractivity contribution >= 4 is 11.9 Å². The van der Waals surface area contributed by atoms with Crippen molar-refractivity contribution in [3.05, 3.63) is 65.2 Å². The summed E-state index contributed by atoms with van der Waals surface area (Å²) in [7, 11) is 3.81. The van der Waals surface area contributed by atoms with Gasteiger partial charge < -0.3 is 19.5 Å². The number of likely N-dealkylation sites (N-methyl/N-ethyl adjacent to an activating group) is 1. The summed E-state index contributed by atoms with van der Waals surface area (Å²) in [6.45, 7) is 2.92. The lowest BCUT2D eigenvalue weighted by Gasteiger charge is -2.22. The maximum atomic E-state index is 12.1. The molecule has 0 aliphatic carbocycles. The van der Waals surface area contributed by atoms with Gasteiger partial charge in [-0.1, -0.05) is 49.4 Å². The summed E-state index contributed by atoms with van der Waals surface area (Å²) in [6.07, 6.45) is 2.69. The van der Waals surface area contributed by atoms with Gasteiger partial charge in [0.1, 0.15) is 18.5 Å². The number of carboxylic acid groups (broad SMARTS) is 1. The largest absolute Gasteiger partial charge is 0.489 e. The molecule has 0 aliphatic heterocycles. The number of esters is 1. The zero-order valence-electron chi connectivity index (χ0n) is 19.4. The van der Waals surface area contributed by atoms with Gasteiger partial charge in [-0.15, -0.1) is 0 Å². The third-order valence-electron chi connectivity index (χ3n) is 5.15. The Morgan fingerprint density at radius 1 is 0.969 bits per heavy atom. The molecule has 2 aromatic rings. The highest BCUT2D eigenvalue weighted by Gasteiger charge is 2.17. The van der Waals surface area contributed by atoms with Crippen LogP contribution in [0.5, 0.6) is 5.75 Å². The van der Waals surface area contributed by atoms with Crippen molar-refractivity contribution < 1.29 is 24.2 Å². The van der Waals surface area contributed by atoms with Crippen molar-refractivity contribution in [1.29, 1.82) is 0 Å². The first-order chi connectivity index (χ1) is 15.4. The molecule has 6 heteroatoms. The Bertz CT molecular complexity index is 848. The van der Waals surface area contributed by atoms with Crippen LogP contribution in [0, 0.1) is 0 Å². The highest BCUT2D eigenvalue weighted by molar-refractivity contribution is 5.71. The molecule has 0 bridgehead atoms. The van der Waals surface area contributed by atoms with Crippen LogP contribution in [0.15, 0.2) is 48.5 Å². The van der Waals surface area contributed by atoms with Crippen LogP contribution in [-0.4, -0.2) is 55.3 Å². The van der Waals surface area contributed by atoms with E-state index in [0.29, 0.717) is 6.54 Å². The Labute approximate surface area is 191 Å². The third kappa shape index (κ3) is 9.52. The quantitative estimate of drug-likeness (QED) is 0.444. The fourth-order valence-electron chi connectivity index (χ4n) is 3.41. The molecule has 1 atom stereocenters. The highest BCUT2D eigenvalue weighted by Crippen LogP contribution is 2.21. The van der Waals surface area contributed by atoms with Gasteiger partial charge in [0.2, 0.25) is 0 Å². The Balaban J connectivity index is 1.93. The lowest BCUT2D eigenvalue weighted by molar-refractivity contribution is -0.151. The molecule has 0 heterocycles. The van der Waals surface area contributed by atoms with Crippen LogP contribution < -0.4 is 4.74 Å². The van der Waals surface area contributed by atoms with Gasteiger partial charge in [-0.3, -0.25) is 9.59 Å². The fourth-order valence-corrected chi connectivity index (χ4v) is 3.41. The van der Waals surface area contributed by atoms with Gasteiger partial charge in [-0.2, -0.15) is 0 Å². The minimum Gasteiger partial charge on any atom is -0.489 e. The molecule has 2 aromatic carbocycles. The standard InChI is InChI=1S/C26H35NO5/c1-4-20-12-14-21(15-13-20)16-17-22-8-5-6-9-24(22)31-19-23(18-27(2)3)32-26(30)11-7-10-25(28)29/h5-6,8-9,12-15,23H,4,7,10-11,16-19H2,1-3H3,(H,28,29)/t23-/m1/s1. The SMILES string of the molecule is CCc1ccc(CCc2ccccc2OC[C@@H](CN(C)C)OC(=O)CCCC(=O)O)cc1. The topological polar surface area (TPSA) is 76.1 Å². The van der Waals surface area contributed by atoms with E-state index in [1.165, 1.54) is 11.1 Å². The van der Waals surface area contributed by atoms with E-state index >= 15 is 0 Å². The van der Waals surface area contributed by atoms with E-state index in [1.54, 1.807) is 0 Å². The number of carbonyl (C=O) groups excluding carboxylic acids is 1. The average molecular weight is 442 g/mol. The number of para-hydroxylation sites is 1. The molecule has 0 aromatic heterocycles. The molecule has 0 saturated carbocycles. The van der Waals surface area contributed by atoms with E-state index in [9.17, 15) is 9.59 Å². The number of rotatable bonds is 14. The highest BCUT2D eigenvalue weighted by atomic mass is 16.6. The van der Waals surface area contributed by atoms with Crippen LogP contribution >= 0.6 is 0 Å². The molecule has 6 nitrogen and oxygen atoms in total. The number of aliphatic carboxylic acids is 1. The van der Waals surface area contributed by atoms with Crippen LogP contribution in [0.25, 0.3) is 0 Å². The van der Waals surface area contributed by atoms with Crippen LogP contribution in [-0.2, 0) is 33.6 Å². The average Bonchev–Trinajstić information content (AvgIpc) is 2.76. The predicted octanol–water partition coefficient (Wildman–Crippen LogP) is 4.14. The smallest absolute Gasteiger partial charge is 0.306 e. The summed E-state index contributed by atoms with van der Waals surface area (Å²) < 4.78 is 11.6. The minimum absolute atomic E-state index is 0.0432. The van der Waals surface area contributed by atoms with Gasteiger partial charge in [-0.25, -0.2) is 0 Å². The second-order valence-corrected chi connectivity index (χ2v) is 8.21. The van der Waals surface area contributed by atoms with Crippen molar-refractivity contribution in [2.24, 2.45) is 0 Å². The molecule has 2 rings (SSSR count). The number of aryl methyl sites for hydroxylation is 3. The Morgan fingerprint density at radius 3 is 2.31 bits per heavy atom. The first-order valence-corrected chi connectivity index (χ1v) is 11.2. The number of carbonyl (C=O) groups is 2. The molecule has 0 saturated heterocycles. The molecule has 174 valence electrons. The maximum Gasteiger partial charge on any atom is 0.306 e. The van der Waals surface area contributed by atoms with E-state index in [2.05, 4.69) is 37.3 Å². The monoisotopic (exact) mass is 441 g/mol. The van der Waals surface area contributed by atoms with E-state index in [-0.39, 0.29) is 25.9 Å². The van der Waals surface area contributed by atoms with Crippen molar-refractivity contribution in [1.82, 2.24) is 4.90 Å². The first kappa shape index (κ1) is 25.4. The first-order valence-electron chi connectivity index (χ1n) is 11.2. The normalized spacial score (nSPS) is 11.9. The molecule has 0 unspecified atom stereocenters. The van der Waals surface area contributed by atoms with Crippen molar-refractivity contribution in [2.45, 2.75) is 51.6 Å². The summed E-state index contributed by atoms with van der Waals surface area (Å²) in [5, 5.41) is 8.72. The van der Waals surface area contributed by atoms with E-state index in [0.717, 1.165) is 30.6 Å². The van der Waals surface area contributed by atoms with Gasteiger partial charge in [-0.05, 0) is 62.5 Å². The lowest BCUT2D eigenvalue weighted by atomic mass is 10.0. The lowest BCUT2D eigenvalue weighted by Crippen LogP contribution is -2.35. The Morgan fingerprint density at radius 2 is 1.66 bits per heavy atom. The van der Waals surface area contributed by atoms with Crippen LogP contribution in [0.2, 0.25) is 0 Å². The van der Waals surface area contributed by atoms with Gasteiger partial charge in [0.15, 0.2) is 0 Å². The molecule has 0 aliphatic rings. The number of carboxylic acids is 1. The summed E-state index contributed by atoms with van der Waals surface area (Å²) in [6, 6.07) is 16.7. The summed E-state index contributed by atoms with van der Waals surface area (Å²) >= 11 is 0. The number of hydrogen-bond donors (Lipinski definition) is 1. The van der Waals surface area contributed by atoms with Gasteiger partial charge in [0, 0.05) is 19.4 Å². The van der Waals surface area contributed by atoms with Crippen LogP contribution in [0.4, 0.5) is 0 Å². The number of nitrogens with zero attached hydrogens (tertiary/aromatic N) is 1. The molecule has 0 spiro atoms. The minimum atomic E-state index is -0.913. The molecular formula is C26H35NO5. The molecular weight excluding hydrogens is 406 g/mol. The number of hydrogen-bond acceptors (Lipinski definition) is 5. The molecule has 32 heavy (non-hydrogen) atoms. The predicted molar refractivity (Wildman–Crippen MR) is 125 cm³/mol. The Hall–Kier alpha value is -2.86. The van der Waals surface area contributed by atoms with Crippen molar-refractivity contribution in [3.63, 3.8) is 0 Å². The Kier molecular flexibility index (Phi) is 10.7. The number of benzene rings is 2. The van der Waals surface area contributed by atoms with Crippen LogP contribution in [0.3, 0.4) is 0 Å².